The third kappa shape index (κ3) is 5.03. The Balaban J connectivity index is 2.35. The number of nitrogens with two attached hydrogens (primary N) is 1. The van der Waals surface area contributed by atoms with Crippen molar-refractivity contribution < 1.29 is 14.3 Å². The lowest BCUT2D eigenvalue weighted by molar-refractivity contribution is 0.0215. The predicted octanol–water partition coefficient (Wildman–Crippen LogP) is 4.47. The maximum Gasteiger partial charge on any atom is 0.410 e. The summed E-state index contributed by atoms with van der Waals surface area (Å²) in [7, 11) is 1.61. The Hall–Kier alpha value is -1.91. The van der Waals surface area contributed by atoms with E-state index in [1.165, 1.54) is 0 Å². The summed E-state index contributed by atoms with van der Waals surface area (Å²) in [6, 6.07) is 4.28. The van der Waals surface area contributed by atoms with E-state index in [-0.39, 0.29) is 17.6 Å². The Morgan fingerprint density at radius 2 is 1.80 bits per heavy atom. The minimum Gasteiger partial charge on any atom is -0.494 e. The quantitative estimate of drug-likeness (QED) is 0.815. The molecular formula is C20H32N2O3. The minimum atomic E-state index is -0.513. The van der Waals surface area contributed by atoms with Gasteiger partial charge in [-0.15, -0.1) is 0 Å². The van der Waals surface area contributed by atoms with Crippen molar-refractivity contribution in [2.75, 3.05) is 12.8 Å². The molecule has 140 valence electrons. The van der Waals surface area contributed by atoms with E-state index in [1.54, 1.807) is 12.0 Å². The van der Waals surface area contributed by atoms with E-state index in [0.717, 1.165) is 24.0 Å². The van der Waals surface area contributed by atoms with E-state index in [2.05, 4.69) is 26.8 Å². The van der Waals surface area contributed by atoms with Crippen molar-refractivity contribution in [3.05, 3.63) is 23.3 Å². The first-order valence-corrected chi connectivity index (χ1v) is 8.89. The molecule has 2 rings (SSSR count). The monoisotopic (exact) mass is 348 g/mol. The number of nitrogen functional groups attached to an aromatic ring is 1. The molecular weight excluding hydrogens is 316 g/mol. The van der Waals surface area contributed by atoms with Crippen LogP contribution in [0.15, 0.2) is 12.1 Å². The Morgan fingerprint density at radius 3 is 2.24 bits per heavy atom. The average molecular weight is 348 g/mol. The van der Waals surface area contributed by atoms with Crippen molar-refractivity contribution in [3.63, 3.8) is 0 Å². The van der Waals surface area contributed by atoms with Gasteiger partial charge >= 0.3 is 6.09 Å². The van der Waals surface area contributed by atoms with Gasteiger partial charge in [-0.25, -0.2) is 4.79 Å². The molecule has 0 saturated heterocycles. The Bertz CT molecular complexity index is 638. The van der Waals surface area contributed by atoms with Gasteiger partial charge in [0, 0.05) is 11.6 Å². The van der Waals surface area contributed by atoms with Crippen molar-refractivity contribution in [2.24, 2.45) is 0 Å². The molecule has 0 heterocycles. The highest BCUT2D eigenvalue weighted by Crippen LogP contribution is 2.37. The summed E-state index contributed by atoms with van der Waals surface area (Å²) < 4.78 is 11.1. The molecule has 0 atom stereocenters. The third-order valence-electron chi connectivity index (χ3n) is 4.22. The van der Waals surface area contributed by atoms with Crippen LogP contribution in [0.4, 0.5) is 10.5 Å². The van der Waals surface area contributed by atoms with Gasteiger partial charge in [0.1, 0.15) is 11.4 Å². The molecule has 25 heavy (non-hydrogen) atoms. The SMILES string of the molecule is COc1c(N)cc(C(C)(C)C)cc1CN(C(=O)OC(C)(C)C)C1CC1. The van der Waals surface area contributed by atoms with Gasteiger partial charge < -0.3 is 20.1 Å². The van der Waals surface area contributed by atoms with Gasteiger partial charge in [0.15, 0.2) is 0 Å². The summed E-state index contributed by atoms with van der Waals surface area (Å²) in [6.07, 6.45) is 1.74. The highest BCUT2D eigenvalue weighted by molar-refractivity contribution is 5.70. The van der Waals surface area contributed by atoms with Crippen LogP contribution in [0.5, 0.6) is 5.75 Å². The van der Waals surface area contributed by atoms with E-state index in [0.29, 0.717) is 18.0 Å². The highest BCUT2D eigenvalue weighted by atomic mass is 16.6. The Labute approximate surface area is 151 Å². The van der Waals surface area contributed by atoms with E-state index in [4.69, 9.17) is 15.2 Å². The molecule has 5 heteroatoms. The summed E-state index contributed by atoms with van der Waals surface area (Å²) in [5.41, 5.74) is 8.31. The molecule has 1 saturated carbocycles. The number of amides is 1. The van der Waals surface area contributed by atoms with Crippen LogP contribution in [-0.4, -0.2) is 29.7 Å². The van der Waals surface area contributed by atoms with Crippen LogP contribution < -0.4 is 10.5 Å². The normalized spacial score (nSPS) is 15.0. The van der Waals surface area contributed by atoms with Crippen LogP contribution in [0.3, 0.4) is 0 Å². The van der Waals surface area contributed by atoms with Crippen LogP contribution in [0.1, 0.15) is 65.5 Å². The van der Waals surface area contributed by atoms with Gasteiger partial charge in [0.25, 0.3) is 0 Å². The maximum atomic E-state index is 12.6. The molecule has 1 aromatic carbocycles. The van der Waals surface area contributed by atoms with Crippen LogP contribution in [-0.2, 0) is 16.7 Å². The number of benzene rings is 1. The van der Waals surface area contributed by atoms with Crippen LogP contribution in [0.25, 0.3) is 0 Å². The summed E-state index contributed by atoms with van der Waals surface area (Å²) in [6.45, 7) is 12.5. The van der Waals surface area contributed by atoms with Crippen molar-refractivity contribution in [3.8, 4) is 5.75 Å². The molecule has 2 N–H and O–H groups in total. The molecule has 0 spiro atoms. The van der Waals surface area contributed by atoms with Gasteiger partial charge in [-0.2, -0.15) is 0 Å². The molecule has 0 unspecified atom stereocenters. The Kier molecular flexibility index (Phi) is 5.26. The van der Waals surface area contributed by atoms with E-state index in [1.807, 2.05) is 26.8 Å². The van der Waals surface area contributed by atoms with Gasteiger partial charge in [-0.05, 0) is 56.7 Å². The molecule has 0 aliphatic heterocycles. The van der Waals surface area contributed by atoms with Crippen LogP contribution >= 0.6 is 0 Å². The van der Waals surface area contributed by atoms with Crippen molar-refractivity contribution in [1.29, 1.82) is 0 Å². The van der Waals surface area contributed by atoms with E-state index in [9.17, 15) is 4.79 Å². The largest absolute Gasteiger partial charge is 0.494 e. The lowest BCUT2D eigenvalue weighted by Crippen LogP contribution is -2.38. The zero-order valence-corrected chi connectivity index (χ0v) is 16.6. The van der Waals surface area contributed by atoms with E-state index >= 15 is 0 Å². The molecule has 0 aromatic heterocycles. The highest BCUT2D eigenvalue weighted by Gasteiger charge is 2.36. The number of ether oxygens (including phenoxy) is 2. The predicted molar refractivity (Wildman–Crippen MR) is 101 cm³/mol. The fourth-order valence-electron chi connectivity index (χ4n) is 2.75. The zero-order valence-electron chi connectivity index (χ0n) is 16.6. The van der Waals surface area contributed by atoms with E-state index < -0.39 is 5.60 Å². The van der Waals surface area contributed by atoms with Crippen LogP contribution in [0.2, 0.25) is 0 Å². The standard InChI is InChI=1S/C20H32N2O3/c1-19(2,3)14-10-13(17(24-7)16(21)11-14)12-22(15-8-9-15)18(23)25-20(4,5)6/h10-11,15H,8-9,12,21H2,1-7H3. The number of carbonyl (C=O) groups is 1. The number of hydrogen-bond acceptors (Lipinski definition) is 4. The van der Waals surface area contributed by atoms with Crippen molar-refractivity contribution in [1.82, 2.24) is 4.90 Å². The zero-order chi connectivity index (χ0) is 19.0. The number of rotatable bonds is 4. The molecule has 1 aliphatic rings. The molecule has 1 amide bonds. The summed E-state index contributed by atoms with van der Waals surface area (Å²) in [5, 5.41) is 0. The molecule has 0 bridgehead atoms. The summed E-state index contributed by atoms with van der Waals surface area (Å²) >= 11 is 0. The van der Waals surface area contributed by atoms with Crippen molar-refractivity contribution >= 4 is 11.8 Å². The van der Waals surface area contributed by atoms with Gasteiger partial charge in [0.2, 0.25) is 0 Å². The number of carbonyl (C=O) groups excluding carboxylic acids is 1. The second-order valence-corrected chi connectivity index (χ2v) is 8.85. The maximum absolute atomic E-state index is 12.6. The smallest absolute Gasteiger partial charge is 0.410 e. The summed E-state index contributed by atoms with van der Waals surface area (Å²) in [4.78, 5) is 14.4. The first-order chi connectivity index (χ1) is 11.4. The molecule has 1 aromatic rings. The first kappa shape index (κ1) is 19.4. The molecule has 0 radical (unpaired) electrons. The molecule has 1 fully saturated rings. The topological polar surface area (TPSA) is 64.8 Å². The number of nitrogens with zero attached hydrogens (tertiary/aromatic N) is 1. The van der Waals surface area contributed by atoms with Crippen LogP contribution in [0, 0.1) is 0 Å². The molecule has 5 nitrogen and oxygen atoms in total. The van der Waals surface area contributed by atoms with Gasteiger partial charge in [-0.1, -0.05) is 20.8 Å². The van der Waals surface area contributed by atoms with Gasteiger partial charge in [0.05, 0.1) is 19.3 Å². The Morgan fingerprint density at radius 1 is 1.20 bits per heavy atom. The third-order valence-corrected chi connectivity index (χ3v) is 4.22. The van der Waals surface area contributed by atoms with Crippen molar-refractivity contribution in [2.45, 2.75) is 78.0 Å². The average Bonchev–Trinajstić information content (AvgIpc) is 3.25. The molecule has 1 aliphatic carbocycles. The summed E-state index contributed by atoms with van der Waals surface area (Å²) in [5.74, 6) is 0.641. The van der Waals surface area contributed by atoms with Gasteiger partial charge in [-0.3, -0.25) is 0 Å². The first-order valence-electron chi connectivity index (χ1n) is 8.89. The second kappa shape index (κ2) is 6.77. The number of hydrogen-bond donors (Lipinski definition) is 1. The lowest BCUT2D eigenvalue weighted by Gasteiger charge is -2.29. The second-order valence-electron chi connectivity index (χ2n) is 8.85. The fourth-order valence-corrected chi connectivity index (χ4v) is 2.75. The fraction of sp³-hybridized carbons (Fsp3) is 0.650. The number of anilines is 1. The number of methoxy groups -OCH3 is 1. The lowest BCUT2D eigenvalue weighted by atomic mass is 9.85. The minimum absolute atomic E-state index is 0.0362.